The summed E-state index contributed by atoms with van der Waals surface area (Å²) in [6.45, 7) is 7.47. The van der Waals surface area contributed by atoms with Crippen LogP contribution in [0.1, 0.15) is 36.6 Å². The topological polar surface area (TPSA) is 53.1 Å². The Morgan fingerprint density at radius 1 is 1.42 bits per heavy atom. The van der Waals surface area contributed by atoms with Crippen LogP contribution in [0.25, 0.3) is 0 Å². The predicted octanol–water partition coefficient (Wildman–Crippen LogP) is 2.81. The second-order valence-corrected chi connectivity index (χ2v) is 4.82. The van der Waals surface area contributed by atoms with Crippen molar-refractivity contribution in [1.82, 2.24) is 9.78 Å². The van der Waals surface area contributed by atoms with Crippen molar-refractivity contribution in [2.24, 2.45) is 5.73 Å². The summed E-state index contributed by atoms with van der Waals surface area (Å²) in [6, 6.07) is 6.07. The zero-order valence-corrected chi connectivity index (χ0v) is 11.8. The normalized spacial score (nSPS) is 12.4. The average molecular weight is 259 g/mol. The Labute approximate surface area is 114 Å². The molecular formula is C15H21N3O. The molecule has 0 unspecified atom stereocenters. The molecule has 19 heavy (non-hydrogen) atoms. The number of nitrogens with two attached hydrogens (primary N) is 1. The van der Waals surface area contributed by atoms with Crippen molar-refractivity contribution in [3.8, 4) is 5.75 Å². The molecular weight excluding hydrogens is 238 g/mol. The van der Waals surface area contributed by atoms with Gasteiger partial charge in [-0.15, -0.1) is 0 Å². The Morgan fingerprint density at radius 2 is 2.21 bits per heavy atom. The molecule has 2 N–H and O–H groups in total. The molecule has 0 saturated carbocycles. The van der Waals surface area contributed by atoms with Crippen LogP contribution in [0.2, 0.25) is 0 Å². The highest BCUT2D eigenvalue weighted by atomic mass is 16.5. The second-order valence-electron chi connectivity index (χ2n) is 4.82. The van der Waals surface area contributed by atoms with Gasteiger partial charge in [-0.2, -0.15) is 5.10 Å². The number of ether oxygens (including phenoxy) is 1. The lowest BCUT2D eigenvalue weighted by atomic mass is 10.1. The summed E-state index contributed by atoms with van der Waals surface area (Å²) in [7, 11) is 0. The van der Waals surface area contributed by atoms with E-state index in [1.807, 2.05) is 36.1 Å². The van der Waals surface area contributed by atoms with Gasteiger partial charge in [0.05, 0.1) is 6.20 Å². The van der Waals surface area contributed by atoms with Gasteiger partial charge in [-0.25, -0.2) is 0 Å². The third kappa shape index (κ3) is 3.35. The molecule has 1 aromatic carbocycles. The lowest BCUT2D eigenvalue weighted by Gasteiger charge is -2.14. The molecule has 2 aromatic rings. The first-order valence-corrected chi connectivity index (χ1v) is 6.60. The number of aryl methyl sites for hydroxylation is 2. The van der Waals surface area contributed by atoms with Gasteiger partial charge in [0.15, 0.2) is 0 Å². The molecule has 1 atom stereocenters. The minimum atomic E-state index is -0.0340. The third-order valence-electron chi connectivity index (χ3n) is 3.06. The van der Waals surface area contributed by atoms with Crippen LogP contribution in [0.4, 0.5) is 0 Å². The van der Waals surface area contributed by atoms with Crippen LogP contribution >= 0.6 is 0 Å². The standard InChI is InChI=1S/C15H21N3O/c1-4-18-9-13(8-17-18)10-19-15-6-5-11(2)7-14(15)12(3)16/h5-9,12H,4,10,16H2,1-3H3/t12-/m1/s1. The molecule has 0 aliphatic carbocycles. The predicted molar refractivity (Wildman–Crippen MR) is 76.0 cm³/mol. The smallest absolute Gasteiger partial charge is 0.124 e. The van der Waals surface area contributed by atoms with E-state index in [1.54, 1.807) is 0 Å². The zero-order valence-electron chi connectivity index (χ0n) is 11.8. The largest absolute Gasteiger partial charge is 0.488 e. The van der Waals surface area contributed by atoms with Crippen LogP contribution in [-0.2, 0) is 13.2 Å². The first-order chi connectivity index (χ1) is 9.10. The van der Waals surface area contributed by atoms with Gasteiger partial charge in [-0.1, -0.05) is 17.7 Å². The van der Waals surface area contributed by atoms with Gasteiger partial charge in [0, 0.05) is 29.9 Å². The molecule has 0 saturated heterocycles. The van der Waals surface area contributed by atoms with Gasteiger partial charge in [0.25, 0.3) is 0 Å². The first kappa shape index (κ1) is 13.6. The molecule has 0 fully saturated rings. The number of hydrogen-bond donors (Lipinski definition) is 1. The van der Waals surface area contributed by atoms with Crippen molar-refractivity contribution in [3.05, 3.63) is 47.3 Å². The summed E-state index contributed by atoms with van der Waals surface area (Å²) in [6.07, 6.45) is 3.84. The lowest BCUT2D eigenvalue weighted by Crippen LogP contribution is -2.08. The summed E-state index contributed by atoms with van der Waals surface area (Å²) >= 11 is 0. The molecule has 0 aliphatic heterocycles. The minimum absolute atomic E-state index is 0.0340. The van der Waals surface area contributed by atoms with Crippen LogP contribution in [-0.4, -0.2) is 9.78 Å². The third-order valence-corrected chi connectivity index (χ3v) is 3.06. The maximum Gasteiger partial charge on any atom is 0.124 e. The van der Waals surface area contributed by atoms with E-state index in [9.17, 15) is 0 Å². The van der Waals surface area contributed by atoms with E-state index >= 15 is 0 Å². The highest BCUT2D eigenvalue weighted by molar-refractivity contribution is 5.38. The number of benzene rings is 1. The van der Waals surface area contributed by atoms with E-state index in [2.05, 4.69) is 25.0 Å². The average Bonchev–Trinajstić information content (AvgIpc) is 2.85. The van der Waals surface area contributed by atoms with Crippen molar-refractivity contribution in [2.45, 2.75) is 40.0 Å². The second kappa shape index (κ2) is 5.89. The van der Waals surface area contributed by atoms with Gasteiger partial charge < -0.3 is 10.5 Å². The molecule has 1 aromatic heterocycles. The Balaban J connectivity index is 2.10. The first-order valence-electron chi connectivity index (χ1n) is 6.60. The Hall–Kier alpha value is -1.81. The van der Waals surface area contributed by atoms with E-state index < -0.39 is 0 Å². The summed E-state index contributed by atoms with van der Waals surface area (Å²) in [4.78, 5) is 0. The van der Waals surface area contributed by atoms with E-state index in [4.69, 9.17) is 10.5 Å². The fourth-order valence-corrected chi connectivity index (χ4v) is 1.97. The molecule has 0 radical (unpaired) electrons. The quantitative estimate of drug-likeness (QED) is 0.898. The van der Waals surface area contributed by atoms with E-state index in [0.29, 0.717) is 6.61 Å². The van der Waals surface area contributed by atoms with Crippen molar-refractivity contribution in [1.29, 1.82) is 0 Å². The molecule has 1 heterocycles. The van der Waals surface area contributed by atoms with E-state index in [1.165, 1.54) is 5.56 Å². The molecule has 0 aliphatic rings. The monoisotopic (exact) mass is 259 g/mol. The van der Waals surface area contributed by atoms with Crippen LogP contribution in [0.5, 0.6) is 5.75 Å². The fraction of sp³-hybridized carbons (Fsp3) is 0.400. The van der Waals surface area contributed by atoms with Crippen molar-refractivity contribution in [3.63, 3.8) is 0 Å². The number of nitrogens with zero attached hydrogens (tertiary/aromatic N) is 2. The molecule has 4 nitrogen and oxygen atoms in total. The lowest BCUT2D eigenvalue weighted by molar-refractivity contribution is 0.301. The van der Waals surface area contributed by atoms with Gasteiger partial charge in [-0.3, -0.25) is 4.68 Å². The molecule has 4 heteroatoms. The molecule has 0 amide bonds. The number of hydrogen-bond acceptors (Lipinski definition) is 3. The summed E-state index contributed by atoms with van der Waals surface area (Å²) < 4.78 is 7.75. The van der Waals surface area contributed by atoms with Crippen LogP contribution in [0.15, 0.2) is 30.6 Å². The van der Waals surface area contributed by atoms with Crippen molar-refractivity contribution in [2.75, 3.05) is 0 Å². The Bertz CT molecular complexity index is 546. The highest BCUT2D eigenvalue weighted by Crippen LogP contribution is 2.25. The SMILES string of the molecule is CCn1cc(COc2ccc(C)cc2[C@@H](C)N)cn1. The van der Waals surface area contributed by atoms with E-state index in [0.717, 1.165) is 23.4 Å². The number of rotatable bonds is 5. The van der Waals surface area contributed by atoms with Crippen molar-refractivity contribution < 1.29 is 4.74 Å². The molecule has 102 valence electrons. The summed E-state index contributed by atoms with van der Waals surface area (Å²) in [5.41, 5.74) is 9.29. The van der Waals surface area contributed by atoms with Crippen LogP contribution in [0, 0.1) is 6.92 Å². The highest BCUT2D eigenvalue weighted by Gasteiger charge is 2.09. The molecule has 2 rings (SSSR count). The minimum Gasteiger partial charge on any atom is -0.488 e. The van der Waals surface area contributed by atoms with Crippen LogP contribution in [0.3, 0.4) is 0 Å². The summed E-state index contributed by atoms with van der Waals surface area (Å²) in [5, 5.41) is 4.23. The fourth-order valence-electron chi connectivity index (χ4n) is 1.97. The Morgan fingerprint density at radius 3 is 2.84 bits per heavy atom. The molecule has 0 spiro atoms. The van der Waals surface area contributed by atoms with E-state index in [-0.39, 0.29) is 6.04 Å². The molecule has 0 bridgehead atoms. The van der Waals surface area contributed by atoms with Gasteiger partial charge in [-0.05, 0) is 26.8 Å². The maximum absolute atomic E-state index is 5.98. The van der Waals surface area contributed by atoms with Gasteiger partial charge in [0.2, 0.25) is 0 Å². The summed E-state index contributed by atoms with van der Waals surface area (Å²) in [5.74, 6) is 0.852. The number of aromatic nitrogens is 2. The van der Waals surface area contributed by atoms with Crippen LogP contribution < -0.4 is 10.5 Å². The maximum atomic E-state index is 5.98. The van der Waals surface area contributed by atoms with Gasteiger partial charge in [0.1, 0.15) is 12.4 Å². The zero-order chi connectivity index (χ0) is 13.8. The Kier molecular flexibility index (Phi) is 4.22. The van der Waals surface area contributed by atoms with Crippen molar-refractivity contribution >= 4 is 0 Å². The van der Waals surface area contributed by atoms with Gasteiger partial charge >= 0.3 is 0 Å².